The number of rotatable bonds is 8. The van der Waals surface area contributed by atoms with Crippen LogP contribution in [0.1, 0.15) is 51.2 Å². The molecule has 166 valence electrons. The number of ether oxygens (including phenoxy) is 2. The number of ketones is 1. The Labute approximate surface area is 182 Å². The van der Waals surface area contributed by atoms with Crippen LogP contribution in [-0.2, 0) is 19.1 Å². The molecule has 1 aromatic rings. The van der Waals surface area contributed by atoms with E-state index in [4.69, 9.17) is 14.6 Å². The fourth-order valence-electron chi connectivity index (χ4n) is 3.84. The van der Waals surface area contributed by atoms with Crippen molar-refractivity contribution in [3.63, 3.8) is 0 Å². The Morgan fingerprint density at radius 3 is 2.58 bits per heavy atom. The molecule has 4 atom stereocenters. The van der Waals surface area contributed by atoms with Crippen molar-refractivity contribution >= 4 is 17.8 Å². The lowest BCUT2D eigenvalue weighted by Gasteiger charge is -2.28. The molecule has 1 aromatic carbocycles. The van der Waals surface area contributed by atoms with Gasteiger partial charge in [-0.25, -0.2) is 9.69 Å². The number of allylic oxidation sites excluding steroid dienone is 2. The number of nitrogens with zero attached hydrogens (tertiary/aromatic N) is 1. The maximum Gasteiger partial charge on any atom is 0.417 e. The van der Waals surface area contributed by atoms with Gasteiger partial charge in [-0.15, -0.1) is 0 Å². The summed E-state index contributed by atoms with van der Waals surface area (Å²) in [5, 5.41) is 8.84. The molecule has 1 N–H and O–H groups in total. The van der Waals surface area contributed by atoms with Crippen molar-refractivity contribution in [2.75, 3.05) is 6.61 Å². The first-order valence-corrected chi connectivity index (χ1v) is 10.7. The Morgan fingerprint density at radius 1 is 1.13 bits per heavy atom. The molecule has 0 spiro atoms. The number of cyclic esters (lactones) is 1. The minimum Gasteiger partial charge on any atom is -0.482 e. The van der Waals surface area contributed by atoms with Crippen LogP contribution in [-0.4, -0.2) is 46.5 Å². The number of aliphatic hydroxyl groups excluding tert-OH is 1. The van der Waals surface area contributed by atoms with Gasteiger partial charge in [0.15, 0.2) is 11.9 Å². The van der Waals surface area contributed by atoms with Crippen LogP contribution in [0.2, 0.25) is 0 Å². The summed E-state index contributed by atoms with van der Waals surface area (Å²) in [5.74, 6) is -1.11. The number of imide groups is 1. The van der Waals surface area contributed by atoms with Gasteiger partial charge in [0.1, 0.15) is 11.9 Å². The van der Waals surface area contributed by atoms with Crippen LogP contribution in [0.25, 0.3) is 0 Å². The van der Waals surface area contributed by atoms with Gasteiger partial charge in [0.2, 0.25) is 5.91 Å². The predicted octanol–water partition coefficient (Wildman–Crippen LogP) is 3.69. The van der Waals surface area contributed by atoms with Gasteiger partial charge < -0.3 is 14.6 Å². The Balaban J connectivity index is 1.67. The lowest BCUT2D eigenvalue weighted by Crippen LogP contribution is -2.47. The first kappa shape index (κ1) is 22.7. The minimum absolute atomic E-state index is 0.172. The molecule has 3 rings (SSSR count). The van der Waals surface area contributed by atoms with Gasteiger partial charge in [0.25, 0.3) is 0 Å². The molecule has 2 heterocycles. The standard InChI is InChI=1S/C24H29NO6/c1-16(21-20(27)14-13-19(30-21)12-8-3-4-9-15-26)23(28)25-17(2)22(31-24(25)29)18-10-6-5-7-11-18/h5-7,10-14,16-17,21-22,26H,3-4,8-9,15H2,1-2H3/t16-,17-,21-,22-/m0/s1. The van der Waals surface area contributed by atoms with E-state index in [2.05, 4.69) is 0 Å². The molecule has 0 aliphatic carbocycles. The normalized spacial score (nSPS) is 25.5. The first-order chi connectivity index (χ1) is 14.9. The van der Waals surface area contributed by atoms with Gasteiger partial charge in [-0.05, 0) is 56.9 Å². The van der Waals surface area contributed by atoms with Crippen molar-refractivity contribution in [2.45, 2.75) is 57.8 Å². The largest absolute Gasteiger partial charge is 0.482 e. The molecule has 7 heteroatoms. The number of unbranched alkanes of at least 4 members (excludes halogenated alkanes) is 3. The highest BCUT2D eigenvalue weighted by molar-refractivity contribution is 6.01. The van der Waals surface area contributed by atoms with E-state index in [0.717, 1.165) is 36.1 Å². The van der Waals surface area contributed by atoms with Gasteiger partial charge in [-0.1, -0.05) is 36.8 Å². The molecule has 0 saturated carbocycles. The summed E-state index contributed by atoms with van der Waals surface area (Å²) in [6, 6.07) is 8.76. The Morgan fingerprint density at radius 2 is 1.87 bits per heavy atom. The highest BCUT2D eigenvalue weighted by atomic mass is 16.6. The molecule has 2 aliphatic rings. The molecule has 0 unspecified atom stereocenters. The third kappa shape index (κ3) is 5.22. The van der Waals surface area contributed by atoms with Crippen molar-refractivity contribution in [1.29, 1.82) is 0 Å². The van der Waals surface area contributed by atoms with E-state index < -0.39 is 36.2 Å². The molecule has 0 radical (unpaired) electrons. The summed E-state index contributed by atoms with van der Waals surface area (Å²) in [4.78, 5) is 39.1. The van der Waals surface area contributed by atoms with Crippen molar-refractivity contribution < 1.29 is 29.0 Å². The summed E-state index contributed by atoms with van der Waals surface area (Å²) < 4.78 is 11.3. The summed E-state index contributed by atoms with van der Waals surface area (Å²) in [7, 11) is 0. The zero-order chi connectivity index (χ0) is 22.4. The smallest absolute Gasteiger partial charge is 0.417 e. The molecule has 31 heavy (non-hydrogen) atoms. The summed E-state index contributed by atoms with van der Waals surface area (Å²) in [6.07, 6.45) is 5.93. The second-order valence-electron chi connectivity index (χ2n) is 7.91. The zero-order valence-electron chi connectivity index (χ0n) is 17.9. The van der Waals surface area contributed by atoms with Gasteiger partial charge in [-0.2, -0.15) is 0 Å². The maximum absolute atomic E-state index is 13.2. The second kappa shape index (κ2) is 10.4. The van der Waals surface area contributed by atoms with Crippen LogP contribution in [0.4, 0.5) is 4.79 Å². The Bertz CT molecular complexity index is 862. The topological polar surface area (TPSA) is 93.1 Å². The third-order valence-corrected chi connectivity index (χ3v) is 5.64. The molecule has 2 aliphatic heterocycles. The fraction of sp³-hybridized carbons (Fsp3) is 0.458. The highest BCUT2D eigenvalue weighted by Gasteiger charge is 2.47. The van der Waals surface area contributed by atoms with E-state index in [1.54, 1.807) is 19.9 Å². The fourth-order valence-corrected chi connectivity index (χ4v) is 3.84. The number of hydrogen-bond acceptors (Lipinski definition) is 6. The molecule has 0 aromatic heterocycles. The predicted molar refractivity (Wildman–Crippen MR) is 114 cm³/mol. The Hall–Kier alpha value is -2.93. The van der Waals surface area contributed by atoms with E-state index in [0.29, 0.717) is 5.76 Å². The maximum atomic E-state index is 13.2. The molecular formula is C24H29NO6. The highest BCUT2D eigenvalue weighted by Crippen LogP contribution is 2.34. The average molecular weight is 427 g/mol. The van der Waals surface area contributed by atoms with E-state index in [1.165, 1.54) is 6.08 Å². The van der Waals surface area contributed by atoms with Crippen LogP contribution in [0.15, 0.2) is 54.3 Å². The van der Waals surface area contributed by atoms with Gasteiger partial charge >= 0.3 is 6.09 Å². The summed E-state index contributed by atoms with van der Waals surface area (Å²) in [5.41, 5.74) is 0.811. The van der Waals surface area contributed by atoms with Gasteiger partial charge in [0, 0.05) is 6.61 Å². The lowest BCUT2D eigenvalue weighted by molar-refractivity contribution is -0.142. The van der Waals surface area contributed by atoms with Gasteiger partial charge in [0.05, 0.1) is 12.0 Å². The molecule has 1 saturated heterocycles. The molecular weight excluding hydrogens is 398 g/mol. The number of hydrogen-bond donors (Lipinski definition) is 1. The number of amides is 2. The zero-order valence-corrected chi connectivity index (χ0v) is 17.9. The average Bonchev–Trinajstić information content (AvgIpc) is 3.08. The molecule has 0 bridgehead atoms. The van der Waals surface area contributed by atoms with Crippen LogP contribution in [0.3, 0.4) is 0 Å². The van der Waals surface area contributed by atoms with Crippen molar-refractivity contribution in [1.82, 2.24) is 4.90 Å². The first-order valence-electron chi connectivity index (χ1n) is 10.7. The molecule has 1 fully saturated rings. The quantitative estimate of drug-likeness (QED) is 0.636. The molecule has 7 nitrogen and oxygen atoms in total. The number of aliphatic hydroxyl groups is 1. The van der Waals surface area contributed by atoms with Crippen LogP contribution >= 0.6 is 0 Å². The Kier molecular flexibility index (Phi) is 7.63. The van der Waals surface area contributed by atoms with Gasteiger partial charge in [-0.3, -0.25) is 9.59 Å². The summed E-state index contributed by atoms with van der Waals surface area (Å²) in [6.45, 7) is 3.53. The summed E-state index contributed by atoms with van der Waals surface area (Å²) >= 11 is 0. The van der Waals surface area contributed by atoms with Crippen LogP contribution < -0.4 is 0 Å². The van der Waals surface area contributed by atoms with Crippen molar-refractivity contribution in [3.8, 4) is 0 Å². The monoisotopic (exact) mass is 427 g/mol. The SMILES string of the molecule is C[C@H](C(=O)N1C(=O)O[C@H](c2ccccc2)[C@@H]1C)[C@@H]1OC(=CCCCCCO)C=CC1=O. The van der Waals surface area contributed by atoms with E-state index in [-0.39, 0.29) is 12.4 Å². The number of carbonyl (C=O) groups excluding carboxylic acids is 3. The second-order valence-corrected chi connectivity index (χ2v) is 7.91. The van der Waals surface area contributed by atoms with E-state index in [9.17, 15) is 14.4 Å². The minimum atomic E-state index is -0.989. The number of carbonyl (C=O) groups is 3. The van der Waals surface area contributed by atoms with Crippen molar-refractivity contribution in [3.05, 3.63) is 59.9 Å². The lowest BCUT2D eigenvalue weighted by atomic mass is 9.95. The van der Waals surface area contributed by atoms with Crippen LogP contribution in [0, 0.1) is 5.92 Å². The third-order valence-electron chi connectivity index (χ3n) is 5.64. The van der Waals surface area contributed by atoms with Crippen molar-refractivity contribution in [2.24, 2.45) is 5.92 Å². The van der Waals surface area contributed by atoms with E-state index >= 15 is 0 Å². The molecule has 2 amide bonds. The van der Waals surface area contributed by atoms with E-state index in [1.807, 2.05) is 36.4 Å². The number of benzene rings is 1. The van der Waals surface area contributed by atoms with Crippen LogP contribution in [0.5, 0.6) is 0 Å².